The zero-order chi connectivity index (χ0) is 22.0. The minimum absolute atomic E-state index is 0.0278. The highest BCUT2D eigenvalue weighted by Gasteiger charge is 2.54. The number of benzene rings is 1. The molecule has 2 amide bonds. The summed E-state index contributed by atoms with van der Waals surface area (Å²) in [4.78, 5) is 25.6. The highest BCUT2D eigenvalue weighted by molar-refractivity contribution is 5.83. The summed E-state index contributed by atoms with van der Waals surface area (Å²) in [5.41, 5.74) is 0.980. The van der Waals surface area contributed by atoms with Crippen LogP contribution in [0, 0.1) is 29.1 Å². The van der Waals surface area contributed by atoms with Crippen molar-refractivity contribution < 1.29 is 14.3 Å². The molecule has 170 valence electrons. The number of nitrogens with one attached hydrogen (secondary N) is 2. The van der Waals surface area contributed by atoms with E-state index in [4.69, 9.17) is 4.74 Å². The molecule has 5 nitrogen and oxygen atoms in total. The van der Waals surface area contributed by atoms with Crippen molar-refractivity contribution in [2.24, 2.45) is 29.1 Å². The van der Waals surface area contributed by atoms with Crippen LogP contribution in [0.15, 0.2) is 24.3 Å². The van der Waals surface area contributed by atoms with Crippen molar-refractivity contribution in [3.63, 3.8) is 0 Å². The predicted molar refractivity (Wildman–Crippen MR) is 122 cm³/mol. The number of carbonyl (C=O) groups excluding carboxylic acids is 2. The maximum Gasteiger partial charge on any atom is 0.226 e. The van der Waals surface area contributed by atoms with Gasteiger partial charge in [0.25, 0.3) is 0 Å². The normalized spacial score (nSPS) is 29.6. The van der Waals surface area contributed by atoms with Crippen LogP contribution >= 0.6 is 0 Å². The van der Waals surface area contributed by atoms with Gasteiger partial charge in [-0.2, -0.15) is 0 Å². The van der Waals surface area contributed by atoms with Crippen molar-refractivity contribution in [2.45, 2.75) is 71.3 Å². The molecule has 5 heteroatoms. The van der Waals surface area contributed by atoms with Gasteiger partial charge in [0.1, 0.15) is 5.75 Å². The highest BCUT2D eigenvalue weighted by atomic mass is 16.5. The van der Waals surface area contributed by atoms with E-state index in [1.807, 2.05) is 24.3 Å². The van der Waals surface area contributed by atoms with Gasteiger partial charge in [0, 0.05) is 18.4 Å². The van der Waals surface area contributed by atoms with Gasteiger partial charge in [0.2, 0.25) is 11.8 Å². The van der Waals surface area contributed by atoms with Crippen molar-refractivity contribution in [1.82, 2.24) is 10.6 Å². The van der Waals surface area contributed by atoms with Crippen molar-refractivity contribution in [3.8, 4) is 5.75 Å². The molecule has 0 radical (unpaired) electrons. The summed E-state index contributed by atoms with van der Waals surface area (Å²) >= 11 is 0. The molecule has 0 aromatic heterocycles. The average molecular weight is 427 g/mol. The first kappa shape index (κ1) is 22.2. The highest BCUT2D eigenvalue weighted by Crippen LogP contribution is 2.60. The van der Waals surface area contributed by atoms with Crippen LogP contribution in [0.2, 0.25) is 0 Å². The van der Waals surface area contributed by atoms with E-state index in [-0.39, 0.29) is 29.2 Å². The van der Waals surface area contributed by atoms with Crippen LogP contribution in [0.25, 0.3) is 0 Å². The number of hydrogen-bond acceptors (Lipinski definition) is 3. The van der Waals surface area contributed by atoms with Gasteiger partial charge in [-0.15, -0.1) is 0 Å². The smallest absolute Gasteiger partial charge is 0.226 e. The molecule has 2 N–H and O–H groups in total. The summed E-state index contributed by atoms with van der Waals surface area (Å²) in [5, 5.41) is 6.36. The maximum absolute atomic E-state index is 13.0. The fraction of sp³-hybridized carbons (Fsp3) is 0.692. The van der Waals surface area contributed by atoms with Gasteiger partial charge in [-0.3, -0.25) is 9.59 Å². The Hall–Kier alpha value is -2.04. The molecule has 0 saturated heterocycles. The number of ether oxygens (including phenoxy) is 1. The van der Waals surface area contributed by atoms with Gasteiger partial charge in [0.05, 0.1) is 13.2 Å². The SMILES string of the molecule is COc1ccc(C(NC(=O)CCCNC(=O)C23CC4CC(CC(C4)C2)C3)C(C)C)cc1. The largest absolute Gasteiger partial charge is 0.497 e. The second-order valence-electron chi connectivity index (χ2n) is 10.6. The quantitative estimate of drug-likeness (QED) is 0.566. The second-order valence-corrected chi connectivity index (χ2v) is 10.6. The summed E-state index contributed by atoms with van der Waals surface area (Å²) in [5.74, 6) is 3.71. The Morgan fingerprint density at radius 1 is 1.03 bits per heavy atom. The summed E-state index contributed by atoms with van der Waals surface area (Å²) in [6.45, 7) is 4.81. The van der Waals surface area contributed by atoms with E-state index in [0.717, 1.165) is 48.3 Å². The third-order valence-electron chi connectivity index (χ3n) is 7.84. The molecule has 5 rings (SSSR count). The fourth-order valence-corrected chi connectivity index (χ4v) is 6.72. The molecular formula is C26H38N2O3. The first-order valence-corrected chi connectivity index (χ1v) is 12.1. The standard InChI is InChI=1S/C26H38N2O3/c1-17(2)24(21-6-8-22(31-3)9-7-21)28-23(29)5-4-10-27-25(30)26-14-18-11-19(15-26)13-20(12-18)16-26/h6-9,17-20,24H,4-5,10-16H2,1-3H3,(H,27,30)(H,28,29). The molecule has 4 bridgehead atoms. The minimum atomic E-state index is -0.103. The molecule has 0 aliphatic heterocycles. The Bertz CT molecular complexity index is 751. The second kappa shape index (κ2) is 9.22. The van der Waals surface area contributed by atoms with Gasteiger partial charge in [-0.25, -0.2) is 0 Å². The van der Waals surface area contributed by atoms with Crippen molar-refractivity contribution >= 4 is 11.8 Å². The van der Waals surface area contributed by atoms with Crippen molar-refractivity contribution in [2.75, 3.05) is 13.7 Å². The number of carbonyl (C=O) groups is 2. The molecule has 0 spiro atoms. The van der Waals surface area contributed by atoms with E-state index < -0.39 is 0 Å². The molecule has 4 aliphatic carbocycles. The lowest BCUT2D eigenvalue weighted by atomic mass is 9.49. The predicted octanol–water partition coefficient (Wildman–Crippen LogP) is 4.62. The van der Waals surface area contributed by atoms with E-state index >= 15 is 0 Å². The third kappa shape index (κ3) is 4.91. The van der Waals surface area contributed by atoms with Gasteiger partial charge in [-0.1, -0.05) is 26.0 Å². The Morgan fingerprint density at radius 3 is 2.13 bits per heavy atom. The lowest BCUT2D eigenvalue weighted by Gasteiger charge is -2.55. The van der Waals surface area contributed by atoms with E-state index in [2.05, 4.69) is 24.5 Å². The summed E-state index contributed by atoms with van der Waals surface area (Å²) in [7, 11) is 1.65. The molecule has 4 fully saturated rings. The molecule has 1 aromatic carbocycles. The first-order valence-electron chi connectivity index (χ1n) is 12.1. The third-order valence-corrected chi connectivity index (χ3v) is 7.84. The maximum atomic E-state index is 13.0. The Balaban J connectivity index is 1.23. The van der Waals surface area contributed by atoms with Gasteiger partial charge < -0.3 is 15.4 Å². The zero-order valence-corrected chi connectivity index (χ0v) is 19.3. The monoisotopic (exact) mass is 426 g/mol. The van der Waals surface area contributed by atoms with Crippen LogP contribution in [0.1, 0.15) is 76.8 Å². The summed E-state index contributed by atoms with van der Waals surface area (Å²) < 4.78 is 5.23. The van der Waals surface area contributed by atoms with Crippen LogP contribution < -0.4 is 15.4 Å². The van der Waals surface area contributed by atoms with Crippen LogP contribution in [0.3, 0.4) is 0 Å². The molecule has 0 heterocycles. The van der Waals surface area contributed by atoms with E-state index in [1.54, 1.807) is 7.11 Å². The Kier molecular flexibility index (Phi) is 6.59. The van der Waals surface area contributed by atoms with Crippen LogP contribution in [-0.2, 0) is 9.59 Å². The Morgan fingerprint density at radius 2 is 1.61 bits per heavy atom. The molecule has 1 atom stereocenters. The number of amides is 2. The van der Waals surface area contributed by atoms with Crippen molar-refractivity contribution in [3.05, 3.63) is 29.8 Å². The Labute approximate surface area is 186 Å². The molecule has 4 saturated carbocycles. The fourth-order valence-electron chi connectivity index (χ4n) is 6.72. The molecule has 4 aliphatic rings. The van der Waals surface area contributed by atoms with Gasteiger partial charge in [-0.05, 0) is 86.3 Å². The average Bonchev–Trinajstić information content (AvgIpc) is 2.74. The van der Waals surface area contributed by atoms with Gasteiger partial charge in [0.15, 0.2) is 0 Å². The lowest BCUT2D eigenvalue weighted by Crippen LogP contribution is -2.53. The van der Waals surface area contributed by atoms with E-state index in [0.29, 0.717) is 19.4 Å². The topological polar surface area (TPSA) is 67.4 Å². The molecule has 1 aromatic rings. The van der Waals surface area contributed by atoms with Crippen molar-refractivity contribution in [1.29, 1.82) is 0 Å². The molecular weight excluding hydrogens is 388 g/mol. The number of methoxy groups -OCH3 is 1. The number of hydrogen-bond donors (Lipinski definition) is 2. The van der Waals surface area contributed by atoms with E-state index in [1.165, 1.54) is 19.3 Å². The van der Waals surface area contributed by atoms with Crippen LogP contribution in [-0.4, -0.2) is 25.5 Å². The molecule has 1 unspecified atom stereocenters. The lowest BCUT2D eigenvalue weighted by molar-refractivity contribution is -0.146. The molecule has 31 heavy (non-hydrogen) atoms. The first-order chi connectivity index (χ1) is 14.9. The van der Waals surface area contributed by atoms with E-state index in [9.17, 15) is 9.59 Å². The van der Waals surface area contributed by atoms with Crippen LogP contribution in [0.4, 0.5) is 0 Å². The number of rotatable bonds is 9. The summed E-state index contributed by atoms with van der Waals surface area (Å²) in [6, 6.07) is 7.85. The van der Waals surface area contributed by atoms with Crippen LogP contribution in [0.5, 0.6) is 5.75 Å². The summed E-state index contributed by atoms with van der Waals surface area (Å²) in [6.07, 6.45) is 8.40. The minimum Gasteiger partial charge on any atom is -0.497 e. The van der Waals surface area contributed by atoms with Gasteiger partial charge >= 0.3 is 0 Å². The zero-order valence-electron chi connectivity index (χ0n) is 19.3.